The predicted molar refractivity (Wildman–Crippen MR) is 386 cm³/mol. The molecular weight excluding hydrogens is 1190 g/mol. The molecule has 0 unspecified atom stereocenters. The van der Waals surface area contributed by atoms with Gasteiger partial charge in [-0.2, -0.15) is 0 Å². The van der Waals surface area contributed by atoms with Crippen LogP contribution in [0.15, 0.2) is 288 Å². The van der Waals surface area contributed by atoms with Crippen molar-refractivity contribution in [3.8, 4) is 50.5 Å². The quantitative estimate of drug-likeness (QED) is 0.171. The van der Waals surface area contributed by atoms with Gasteiger partial charge < -0.3 is 18.0 Å². The molecule has 0 fully saturated rings. The van der Waals surface area contributed by atoms with Gasteiger partial charge in [0.1, 0.15) is 46.2 Å². The molecule has 8 aromatic heterocycles. The number of rotatable bonds is 5. The molecule has 434 valence electrons. The molecule has 20 aromatic rings. The van der Waals surface area contributed by atoms with Crippen LogP contribution in [-0.4, -0.2) is 29.1 Å². The lowest BCUT2D eigenvalue weighted by molar-refractivity contribution is 0.666. The molecule has 0 aliphatic rings. The number of fused-ring (bicyclic) bond motifs is 18. The lowest BCUT2D eigenvalue weighted by Gasteiger charge is -2.08. The highest BCUT2D eigenvalue weighted by Crippen LogP contribution is 2.45. The first-order valence-electron chi connectivity index (χ1n) is 30.4. The van der Waals surface area contributed by atoms with Gasteiger partial charge in [0.05, 0.1) is 11.0 Å². The first kappa shape index (κ1) is 53.7. The molecule has 0 aliphatic carbocycles. The van der Waals surface area contributed by atoms with E-state index >= 15 is 0 Å². The molecule has 11 heteroatoms. The topological polar surface area (TPSA) is 87.7 Å². The second-order valence-electron chi connectivity index (χ2n) is 23.0. The third-order valence-electron chi connectivity index (χ3n) is 17.8. The molecule has 0 spiro atoms. The molecule has 0 radical (unpaired) electrons. The molecule has 8 heterocycles. The summed E-state index contributed by atoms with van der Waals surface area (Å²) in [6.45, 7) is 0. The van der Waals surface area contributed by atoms with Gasteiger partial charge in [0.2, 0.25) is 0 Å². The van der Waals surface area contributed by atoms with Crippen LogP contribution in [0.5, 0.6) is 0 Å². The van der Waals surface area contributed by atoms with Crippen molar-refractivity contribution in [1.82, 2.24) is 29.1 Å². The Morgan fingerprint density at radius 1 is 0.337 bits per heavy atom. The van der Waals surface area contributed by atoms with Gasteiger partial charge in [-0.1, -0.05) is 194 Å². The zero-order valence-electron chi connectivity index (χ0n) is 49.3. The predicted octanol–water partition coefficient (Wildman–Crippen LogP) is 23.2. The SMILES string of the molecule is Clc1ccc2oc3c(-c4cccc(-c5cccc6c5sc5ccccc56)c4)ncnc3c2c1.Cn1c2ccccc2c2ccccc21.c1cc(-c2ncnc3c2oc2ccc(-n4c5ccccc5c5ccccc54)cc23)cc(-c2cccc3c2sc2ccccc23)c1. The summed E-state index contributed by atoms with van der Waals surface area (Å²) in [6.07, 6.45) is 3.24. The van der Waals surface area contributed by atoms with Gasteiger partial charge >= 0.3 is 0 Å². The highest BCUT2D eigenvalue weighted by Gasteiger charge is 2.21. The number of benzene rings is 12. The molecule has 0 saturated heterocycles. The minimum Gasteiger partial charge on any atom is -0.452 e. The van der Waals surface area contributed by atoms with Crippen molar-refractivity contribution in [3.05, 3.63) is 285 Å². The fraction of sp³-hybridized carbons (Fsp3) is 0.0123. The van der Waals surface area contributed by atoms with Gasteiger partial charge in [-0.3, -0.25) is 0 Å². The second-order valence-corrected chi connectivity index (χ2v) is 25.6. The average Bonchev–Trinajstić information content (AvgIpc) is 1.62. The number of nitrogens with zero attached hydrogens (tertiary/aromatic N) is 6. The fourth-order valence-corrected chi connectivity index (χ4v) is 16.2. The van der Waals surface area contributed by atoms with Crippen molar-refractivity contribution in [2.45, 2.75) is 0 Å². The van der Waals surface area contributed by atoms with E-state index in [1.54, 1.807) is 12.7 Å². The van der Waals surface area contributed by atoms with Crippen molar-refractivity contribution in [3.63, 3.8) is 0 Å². The maximum atomic E-state index is 6.51. The van der Waals surface area contributed by atoms with Gasteiger partial charge in [-0.05, 0) is 107 Å². The van der Waals surface area contributed by atoms with Crippen LogP contribution >= 0.6 is 34.3 Å². The largest absolute Gasteiger partial charge is 0.452 e. The fourth-order valence-electron chi connectivity index (χ4n) is 13.6. The second kappa shape index (κ2) is 21.8. The van der Waals surface area contributed by atoms with E-state index < -0.39 is 0 Å². The van der Waals surface area contributed by atoms with Crippen molar-refractivity contribution in [1.29, 1.82) is 0 Å². The Morgan fingerprint density at radius 3 is 1.25 bits per heavy atom. The van der Waals surface area contributed by atoms with Crippen LogP contribution in [0, 0.1) is 0 Å². The van der Waals surface area contributed by atoms with E-state index in [9.17, 15) is 0 Å². The maximum Gasteiger partial charge on any atom is 0.180 e. The van der Waals surface area contributed by atoms with Crippen LogP contribution in [0.4, 0.5) is 0 Å². The highest BCUT2D eigenvalue weighted by atomic mass is 35.5. The van der Waals surface area contributed by atoms with Gasteiger partial charge in [-0.25, -0.2) is 19.9 Å². The first-order chi connectivity index (χ1) is 45.5. The summed E-state index contributed by atoms with van der Waals surface area (Å²) in [5.74, 6) is 0. The Kier molecular flexibility index (Phi) is 12.7. The highest BCUT2D eigenvalue weighted by molar-refractivity contribution is 7.26. The van der Waals surface area contributed by atoms with E-state index in [1.165, 1.54) is 95.1 Å². The van der Waals surface area contributed by atoms with Crippen LogP contribution in [-0.2, 0) is 7.05 Å². The summed E-state index contributed by atoms with van der Waals surface area (Å²) < 4.78 is 22.4. The van der Waals surface area contributed by atoms with E-state index in [4.69, 9.17) is 30.4 Å². The summed E-state index contributed by atoms with van der Waals surface area (Å²) in [6, 6.07) is 93.5. The zero-order valence-corrected chi connectivity index (χ0v) is 51.6. The number of aromatic nitrogens is 6. The first-order valence-corrected chi connectivity index (χ1v) is 32.4. The van der Waals surface area contributed by atoms with E-state index in [1.807, 2.05) is 40.9 Å². The number of furan rings is 2. The third-order valence-corrected chi connectivity index (χ3v) is 20.5. The number of hydrogen-bond acceptors (Lipinski definition) is 8. The lowest BCUT2D eigenvalue weighted by atomic mass is 9.99. The van der Waals surface area contributed by atoms with Crippen molar-refractivity contribution in [2.75, 3.05) is 0 Å². The minimum atomic E-state index is 0.656. The van der Waals surface area contributed by atoms with Gasteiger partial charge in [0.25, 0.3) is 0 Å². The van der Waals surface area contributed by atoms with E-state index in [0.717, 1.165) is 72.3 Å². The number of para-hydroxylation sites is 4. The van der Waals surface area contributed by atoms with E-state index in [-0.39, 0.29) is 0 Å². The van der Waals surface area contributed by atoms with Gasteiger partial charge in [0, 0.05) is 113 Å². The number of hydrogen-bond donors (Lipinski definition) is 0. The third kappa shape index (κ3) is 8.78. The van der Waals surface area contributed by atoms with E-state index in [0.29, 0.717) is 16.2 Å². The number of aryl methyl sites for hydroxylation is 1. The standard InChI is InChI=1S/C40H23N3OS.C28H15ClN2OS.C13H11N/c1-4-16-33-28(11-1)29-12-2-5-17-34(29)43(33)26-19-20-35-32(22-26)38-39(44-35)37(41-23-42-38)25-10-7-9-24(21-25)27-14-8-15-31-30-13-3-6-18-36(30)45-40(27)31;29-18-11-12-23-22(14-18)26-27(32-23)25(30-15-31-26)17-6-3-5-16(13-17)19-8-4-9-21-20-7-1-2-10-24(20)33-28(19)21;1-14-12-8-4-2-6-10(12)11-7-3-5-9-13(11)14/h1-23H;1-15H;2-9H,1H3. The monoisotopic (exact) mass is 1240 g/mol. The molecule has 0 bridgehead atoms. The van der Waals surface area contributed by atoms with Crippen LogP contribution in [0.3, 0.4) is 0 Å². The summed E-state index contributed by atoms with van der Waals surface area (Å²) in [5, 5.41) is 12.9. The summed E-state index contributed by atoms with van der Waals surface area (Å²) in [7, 11) is 2.12. The van der Waals surface area contributed by atoms with Crippen LogP contribution < -0.4 is 0 Å². The molecule has 8 nitrogen and oxygen atoms in total. The minimum absolute atomic E-state index is 0.656. The van der Waals surface area contributed by atoms with E-state index in [2.05, 4.69) is 275 Å². The molecule has 20 rings (SSSR count). The zero-order chi connectivity index (χ0) is 61.0. The molecule has 92 heavy (non-hydrogen) atoms. The molecule has 0 aliphatic heterocycles. The Hall–Kier alpha value is -11.3. The summed E-state index contributed by atoms with van der Waals surface area (Å²) in [5.41, 5.74) is 18.8. The normalized spacial score (nSPS) is 11.8. The van der Waals surface area contributed by atoms with Gasteiger partial charge in [-0.15, -0.1) is 22.7 Å². The molecule has 12 aromatic carbocycles. The average molecular weight is 1240 g/mol. The lowest BCUT2D eigenvalue weighted by Crippen LogP contribution is -1.93. The summed E-state index contributed by atoms with van der Waals surface area (Å²) >= 11 is 9.89. The Labute approximate surface area is 538 Å². The summed E-state index contributed by atoms with van der Waals surface area (Å²) in [4.78, 5) is 18.6. The molecule has 0 saturated carbocycles. The van der Waals surface area contributed by atoms with Crippen molar-refractivity contribution in [2.24, 2.45) is 7.05 Å². The molecule has 0 amide bonds. The Balaban J connectivity index is 0.000000116. The van der Waals surface area contributed by atoms with Crippen molar-refractivity contribution >= 4 is 162 Å². The Morgan fingerprint density at radius 2 is 0.739 bits per heavy atom. The van der Waals surface area contributed by atoms with Gasteiger partial charge in [0.15, 0.2) is 11.2 Å². The molecule has 0 atom stereocenters. The number of halogens is 1. The van der Waals surface area contributed by atoms with Crippen LogP contribution in [0.25, 0.3) is 179 Å². The van der Waals surface area contributed by atoms with Crippen LogP contribution in [0.1, 0.15) is 0 Å². The molecular formula is C81H49ClN6O2S2. The smallest absolute Gasteiger partial charge is 0.180 e. The maximum absolute atomic E-state index is 6.51. The number of thiophene rings is 2. The van der Waals surface area contributed by atoms with Crippen molar-refractivity contribution < 1.29 is 8.83 Å². The molecule has 0 N–H and O–H groups in total. The van der Waals surface area contributed by atoms with Crippen LogP contribution in [0.2, 0.25) is 5.02 Å². The Bertz CT molecular complexity index is 6240.